The fourth-order valence-corrected chi connectivity index (χ4v) is 0.149. The number of rotatable bonds is 0. The Morgan fingerprint density at radius 1 is 1.17 bits per heavy atom. The molecule has 0 amide bonds. The summed E-state index contributed by atoms with van der Waals surface area (Å²) in [4.78, 5) is 0. The highest BCUT2D eigenvalue weighted by Crippen LogP contribution is 1.82. The van der Waals surface area contributed by atoms with Crippen LogP contribution >= 0.6 is 12.4 Å². The van der Waals surface area contributed by atoms with Gasteiger partial charge in [0.15, 0.2) is 0 Å². The summed E-state index contributed by atoms with van der Waals surface area (Å²) in [5.74, 6) is 0. The summed E-state index contributed by atoms with van der Waals surface area (Å²) in [7, 11) is 0. The second kappa shape index (κ2) is 2.66. The molecule has 1 aliphatic rings. The minimum Gasteiger partial charge on any atom is -0.147 e. The Labute approximate surface area is 41.5 Å². The van der Waals surface area contributed by atoms with Crippen molar-refractivity contribution in [3.05, 3.63) is 12.4 Å². The molecule has 33 valence electrons. The van der Waals surface area contributed by atoms with Crippen molar-refractivity contribution in [1.29, 1.82) is 0 Å². The van der Waals surface area contributed by atoms with Gasteiger partial charge in [0.2, 0.25) is 0 Å². The molecule has 6 heavy (non-hydrogen) atoms. The van der Waals surface area contributed by atoms with Gasteiger partial charge in [-0.05, 0) is 5.22 Å². The minimum absolute atomic E-state index is 0. The van der Waals surface area contributed by atoms with E-state index >= 15 is 0 Å². The number of hydrogen-bond acceptors (Lipinski definition) is 2. The van der Waals surface area contributed by atoms with Crippen molar-refractivity contribution in [2.75, 3.05) is 0 Å². The van der Waals surface area contributed by atoms with E-state index in [1.165, 1.54) is 12.4 Å². The molecule has 0 bridgehead atoms. The molecular formula is C2H3ClN3. The van der Waals surface area contributed by atoms with Gasteiger partial charge in [-0.3, -0.25) is 0 Å². The highest BCUT2D eigenvalue weighted by Gasteiger charge is 1.74. The van der Waals surface area contributed by atoms with E-state index < -0.39 is 0 Å². The van der Waals surface area contributed by atoms with Crippen LogP contribution in [-0.2, 0) is 0 Å². The summed E-state index contributed by atoms with van der Waals surface area (Å²) in [6.07, 6.45) is 3.06. The maximum absolute atomic E-state index is 3.36. The molecule has 0 aromatic rings. The second-order valence-corrected chi connectivity index (χ2v) is 0.619. The van der Waals surface area contributed by atoms with Crippen LogP contribution in [0.1, 0.15) is 0 Å². The fourth-order valence-electron chi connectivity index (χ4n) is 0.149. The van der Waals surface area contributed by atoms with E-state index in [0.29, 0.717) is 0 Å². The van der Waals surface area contributed by atoms with Crippen LogP contribution < -0.4 is 5.43 Å². The van der Waals surface area contributed by atoms with Gasteiger partial charge >= 0.3 is 0 Å². The molecule has 4 heteroatoms. The highest BCUT2D eigenvalue weighted by atomic mass is 35.5. The van der Waals surface area contributed by atoms with Crippen molar-refractivity contribution in [3.8, 4) is 0 Å². The maximum Gasteiger partial charge on any atom is 0.0716 e. The Bertz CT molecular complexity index is 66.9. The topological polar surface area (TPSA) is 38.8 Å². The molecule has 1 rings (SSSR count). The fraction of sp³-hybridized carbons (Fsp3) is 0. The number of halogens is 1. The molecule has 0 fully saturated rings. The SMILES string of the molecule is C1=CN=N[N]1.Cl. The normalized spacial score (nSPS) is 13.3. The van der Waals surface area contributed by atoms with Crippen LogP contribution in [0.5, 0.6) is 0 Å². The van der Waals surface area contributed by atoms with Crippen LogP contribution in [0.4, 0.5) is 0 Å². The molecule has 0 aromatic heterocycles. The van der Waals surface area contributed by atoms with E-state index in [4.69, 9.17) is 0 Å². The van der Waals surface area contributed by atoms with Crippen molar-refractivity contribution in [2.24, 2.45) is 10.3 Å². The predicted octanol–water partition coefficient (Wildman–Crippen LogP) is 0.865. The zero-order valence-electron chi connectivity index (χ0n) is 2.90. The van der Waals surface area contributed by atoms with Crippen molar-refractivity contribution in [2.45, 2.75) is 0 Å². The summed E-state index contributed by atoms with van der Waals surface area (Å²) in [5, 5.41) is 6.58. The summed E-state index contributed by atoms with van der Waals surface area (Å²) < 4.78 is 0. The average molecular weight is 105 g/mol. The molecule has 0 saturated heterocycles. The first-order valence-corrected chi connectivity index (χ1v) is 1.25. The molecule has 0 aromatic carbocycles. The van der Waals surface area contributed by atoms with Crippen LogP contribution in [0.2, 0.25) is 0 Å². The highest BCUT2D eigenvalue weighted by molar-refractivity contribution is 5.85. The molecule has 1 heterocycles. The zero-order chi connectivity index (χ0) is 3.54. The van der Waals surface area contributed by atoms with E-state index in [-0.39, 0.29) is 12.4 Å². The quantitative estimate of drug-likeness (QED) is 0.437. The second-order valence-electron chi connectivity index (χ2n) is 0.619. The van der Waals surface area contributed by atoms with Gasteiger partial charge in [-0.2, -0.15) is 0 Å². The number of hydrogen-bond donors (Lipinski definition) is 0. The van der Waals surface area contributed by atoms with Crippen LogP contribution in [-0.4, -0.2) is 0 Å². The Hall–Kier alpha value is -0.570. The van der Waals surface area contributed by atoms with Gasteiger partial charge in [0.25, 0.3) is 0 Å². The van der Waals surface area contributed by atoms with Crippen LogP contribution in [0.15, 0.2) is 22.7 Å². The lowest BCUT2D eigenvalue weighted by Crippen LogP contribution is -1.68. The van der Waals surface area contributed by atoms with Crippen LogP contribution in [0, 0.1) is 0 Å². The monoisotopic (exact) mass is 104 g/mol. The molecule has 0 atom stereocenters. The lowest BCUT2D eigenvalue weighted by atomic mass is 11.0. The van der Waals surface area contributed by atoms with E-state index in [1.54, 1.807) is 0 Å². The average Bonchev–Trinajstić information content (AvgIpc) is 1.76. The van der Waals surface area contributed by atoms with Gasteiger partial charge in [-0.25, -0.2) is 0 Å². The van der Waals surface area contributed by atoms with Crippen LogP contribution in [0.3, 0.4) is 0 Å². The van der Waals surface area contributed by atoms with Gasteiger partial charge in [-0.1, -0.05) is 0 Å². The third-order valence-corrected chi connectivity index (χ3v) is 0.303. The molecular weight excluding hydrogens is 101 g/mol. The smallest absolute Gasteiger partial charge is 0.0716 e. The van der Waals surface area contributed by atoms with E-state index in [0.717, 1.165) is 0 Å². The molecule has 3 nitrogen and oxygen atoms in total. The zero-order valence-corrected chi connectivity index (χ0v) is 3.72. The maximum atomic E-state index is 3.36. The third kappa shape index (κ3) is 1.03. The van der Waals surface area contributed by atoms with Gasteiger partial charge in [0.1, 0.15) is 0 Å². The Balaban J connectivity index is 0.000000250. The molecule has 1 aliphatic heterocycles. The van der Waals surface area contributed by atoms with Gasteiger partial charge < -0.3 is 0 Å². The van der Waals surface area contributed by atoms with E-state index in [9.17, 15) is 0 Å². The van der Waals surface area contributed by atoms with Gasteiger partial charge in [0.05, 0.1) is 12.4 Å². The lowest BCUT2D eigenvalue weighted by Gasteiger charge is -1.58. The van der Waals surface area contributed by atoms with Crippen molar-refractivity contribution in [3.63, 3.8) is 0 Å². The first-order chi connectivity index (χ1) is 2.50. The molecule has 0 unspecified atom stereocenters. The molecule has 0 N–H and O–H groups in total. The van der Waals surface area contributed by atoms with Gasteiger partial charge in [-0.15, -0.1) is 22.9 Å². The Morgan fingerprint density at radius 2 is 2.00 bits per heavy atom. The Kier molecular flexibility index (Phi) is 2.40. The van der Waals surface area contributed by atoms with E-state index in [2.05, 4.69) is 15.8 Å². The van der Waals surface area contributed by atoms with Crippen molar-refractivity contribution in [1.82, 2.24) is 5.43 Å². The van der Waals surface area contributed by atoms with Gasteiger partial charge in [0, 0.05) is 0 Å². The Morgan fingerprint density at radius 3 is 2.17 bits per heavy atom. The summed E-state index contributed by atoms with van der Waals surface area (Å²) in [6, 6.07) is 0. The summed E-state index contributed by atoms with van der Waals surface area (Å²) >= 11 is 0. The molecule has 0 spiro atoms. The molecule has 0 saturated carbocycles. The van der Waals surface area contributed by atoms with E-state index in [1.807, 2.05) is 0 Å². The number of nitrogens with zero attached hydrogens (tertiary/aromatic N) is 3. The standard InChI is InChI=1S/C2H2N3.ClH/c1-2-4-5-3-1;/h1-2H;1H. The third-order valence-electron chi connectivity index (χ3n) is 0.303. The summed E-state index contributed by atoms with van der Waals surface area (Å²) in [6.45, 7) is 0. The first kappa shape index (κ1) is 5.43. The van der Waals surface area contributed by atoms with Crippen molar-refractivity contribution >= 4 is 12.4 Å². The largest absolute Gasteiger partial charge is 0.147 e. The predicted molar refractivity (Wildman–Crippen MR) is 23.4 cm³/mol. The van der Waals surface area contributed by atoms with Crippen molar-refractivity contribution < 1.29 is 0 Å². The minimum atomic E-state index is 0. The lowest BCUT2D eigenvalue weighted by molar-refractivity contribution is 0.905. The summed E-state index contributed by atoms with van der Waals surface area (Å²) in [5.41, 5.74) is 3.36. The molecule has 0 aliphatic carbocycles. The van der Waals surface area contributed by atoms with Crippen LogP contribution in [0.25, 0.3) is 0 Å². The molecule has 1 radical (unpaired) electrons. The first-order valence-electron chi connectivity index (χ1n) is 1.25.